The predicted octanol–water partition coefficient (Wildman–Crippen LogP) is 4.14. The molecule has 0 bridgehead atoms. The summed E-state index contributed by atoms with van der Waals surface area (Å²) in [6.45, 7) is -0.540. The number of alkyl halides is 4. The largest absolute Gasteiger partial charge is 0.434 e. The lowest BCUT2D eigenvalue weighted by atomic mass is 10.0. The number of pyridine rings is 1. The van der Waals surface area contributed by atoms with E-state index < -0.39 is 58.1 Å². The first-order chi connectivity index (χ1) is 17.4. The van der Waals surface area contributed by atoms with E-state index in [9.17, 15) is 39.6 Å². The normalized spacial score (nSPS) is 18.8. The summed E-state index contributed by atoms with van der Waals surface area (Å²) in [5, 5.41) is 0. The molecule has 0 saturated carbocycles. The summed E-state index contributed by atoms with van der Waals surface area (Å²) >= 11 is 0. The molecule has 0 radical (unpaired) electrons. The molecule has 0 unspecified atom stereocenters. The van der Waals surface area contributed by atoms with Crippen molar-refractivity contribution in [2.45, 2.75) is 42.5 Å². The Morgan fingerprint density at radius 1 is 1.03 bits per heavy atom. The van der Waals surface area contributed by atoms with Crippen LogP contribution in [0.3, 0.4) is 0 Å². The number of nitrogens with zero attached hydrogens (tertiary/aromatic N) is 4. The van der Waals surface area contributed by atoms with Gasteiger partial charge < -0.3 is 0 Å². The third-order valence-electron chi connectivity index (χ3n) is 5.75. The van der Waals surface area contributed by atoms with Crippen LogP contribution in [0, 0.1) is 11.6 Å². The fourth-order valence-corrected chi connectivity index (χ4v) is 5.55. The Hall–Kier alpha value is -3.39. The molecule has 1 aromatic carbocycles. The van der Waals surface area contributed by atoms with Crippen LogP contribution in [0.4, 0.5) is 26.3 Å². The molecule has 2 atom stereocenters. The molecule has 1 fully saturated rings. The molecular formula is C23H18F6N4O3S. The van der Waals surface area contributed by atoms with Gasteiger partial charge in [0.1, 0.15) is 12.0 Å². The maximum Gasteiger partial charge on any atom is 0.434 e. The molecule has 4 rings (SSSR count). The highest BCUT2D eigenvalue weighted by Gasteiger charge is 2.43. The number of aryl methyl sites for hydroxylation is 1. The number of carbonyl (C=O) groups is 1. The summed E-state index contributed by atoms with van der Waals surface area (Å²) < 4.78 is 106. The van der Waals surface area contributed by atoms with Gasteiger partial charge in [0, 0.05) is 30.6 Å². The van der Waals surface area contributed by atoms with Crippen LogP contribution in [0.1, 0.15) is 24.2 Å². The molecule has 0 aliphatic carbocycles. The summed E-state index contributed by atoms with van der Waals surface area (Å²) in [4.78, 5) is 23.3. The van der Waals surface area contributed by atoms with Crippen molar-refractivity contribution < 1.29 is 39.6 Å². The van der Waals surface area contributed by atoms with E-state index in [1.54, 1.807) is 0 Å². The van der Waals surface area contributed by atoms with Gasteiger partial charge >= 0.3 is 6.18 Å². The summed E-state index contributed by atoms with van der Waals surface area (Å²) in [6.07, 6.45) is -4.99. The van der Waals surface area contributed by atoms with E-state index in [-0.39, 0.29) is 41.1 Å². The Balaban J connectivity index is 1.50. The van der Waals surface area contributed by atoms with Crippen LogP contribution in [0.2, 0.25) is 0 Å². The van der Waals surface area contributed by atoms with E-state index in [1.807, 2.05) is 0 Å². The van der Waals surface area contributed by atoms with Gasteiger partial charge in [0.25, 0.3) is 0 Å². The number of benzene rings is 1. The first kappa shape index (κ1) is 26.7. The molecule has 196 valence electrons. The van der Waals surface area contributed by atoms with Gasteiger partial charge in [-0.2, -0.15) is 17.5 Å². The van der Waals surface area contributed by atoms with E-state index in [0.717, 1.165) is 41.0 Å². The Labute approximate surface area is 207 Å². The molecule has 2 aromatic heterocycles. The average Bonchev–Trinajstić information content (AvgIpc) is 3.26. The Morgan fingerprint density at radius 3 is 2.35 bits per heavy atom. The van der Waals surface area contributed by atoms with E-state index in [4.69, 9.17) is 0 Å². The zero-order valence-corrected chi connectivity index (χ0v) is 19.6. The van der Waals surface area contributed by atoms with Crippen LogP contribution in [0.15, 0.2) is 53.8 Å². The minimum atomic E-state index is -4.72. The molecule has 0 amide bonds. The molecule has 1 aliphatic rings. The molecule has 1 aliphatic heterocycles. The highest BCUT2D eigenvalue weighted by atomic mass is 32.2. The number of sulfonamides is 1. The molecule has 37 heavy (non-hydrogen) atoms. The Kier molecular flexibility index (Phi) is 7.33. The Morgan fingerprint density at radius 2 is 1.73 bits per heavy atom. The minimum Gasteiger partial charge on any atom is -0.298 e. The number of hydrogen-bond acceptors (Lipinski definition) is 6. The first-order valence-corrected chi connectivity index (χ1v) is 12.3. The SMILES string of the molecule is O=C(CCc1cc(-c2cnc(C(F)(F)F)cn2)c(F)cn1)[C@@H]1C[C@@H](F)CN1S(=O)(=O)c1ccc(F)cc1. The number of ketones is 1. The van der Waals surface area contributed by atoms with Gasteiger partial charge in [0.05, 0.1) is 35.2 Å². The lowest BCUT2D eigenvalue weighted by Gasteiger charge is -2.22. The van der Waals surface area contributed by atoms with Crippen molar-refractivity contribution in [2.24, 2.45) is 0 Å². The monoisotopic (exact) mass is 544 g/mol. The second kappa shape index (κ2) is 10.2. The third-order valence-corrected chi connectivity index (χ3v) is 7.64. The van der Waals surface area contributed by atoms with E-state index in [1.165, 1.54) is 6.07 Å². The van der Waals surface area contributed by atoms with Gasteiger partial charge in [0.2, 0.25) is 10.0 Å². The Bertz CT molecular complexity index is 1400. The average molecular weight is 544 g/mol. The van der Waals surface area contributed by atoms with Crippen molar-refractivity contribution >= 4 is 15.8 Å². The lowest BCUT2D eigenvalue weighted by Crippen LogP contribution is -2.40. The molecule has 1 saturated heterocycles. The van der Waals surface area contributed by atoms with Gasteiger partial charge in [-0.05, 0) is 36.8 Å². The zero-order chi connectivity index (χ0) is 27.0. The third kappa shape index (κ3) is 5.80. The van der Waals surface area contributed by atoms with E-state index in [2.05, 4.69) is 15.0 Å². The number of rotatable bonds is 7. The molecule has 3 aromatic rings. The van der Waals surface area contributed by atoms with Crippen LogP contribution < -0.4 is 0 Å². The number of aromatic nitrogens is 3. The van der Waals surface area contributed by atoms with Gasteiger partial charge in [-0.3, -0.25) is 14.8 Å². The number of Topliss-reactive ketones (excluding diaryl/α,β-unsaturated/α-hetero) is 1. The van der Waals surface area contributed by atoms with Gasteiger partial charge in [0.15, 0.2) is 17.3 Å². The fraction of sp³-hybridized carbons (Fsp3) is 0.304. The minimum absolute atomic E-state index is 0.0853. The number of hydrogen-bond donors (Lipinski definition) is 0. The van der Waals surface area contributed by atoms with Crippen LogP contribution in [0.25, 0.3) is 11.3 Å². The van der Waals surface area contributed by atoms with Gasteiger partial charge in [-0.25, -0.2) is 26.6 Å². The maximum absolute atomic E-state index is 14.3. The molecule has 14 heteroatoms. The highest BCUT2D eigenvalue weighted by molar-refractivity contribution is 7.89. The summed E-state index contributed by atoms with van der Waals surface area (Å²) in [5.74, 6) is -2.14. The quantitative estimate of drug-likeness (QED) is 0.416. The fourth-order valence-electron chi connectivity index (χ4n) is 3.90. The van der Waals surface area contributed by atoms with Crippen LogP contribution in [0.5, 0.6) is 0 Å². The van der Waals surface area contributed by atoms with Crippen LogP contribution >= 0.6 is 0 Å². The van der Waals surface area contributed by atoms with Crippen molar-refractivity contribution in [1.82, 2.24) is 19.3 Å². The molecule has 7 nitrogen and oxygen atoms in total. The predicted molar refractivity (Wildman–Crippen MR) is 117 cm³/mol. The zero-order valence-electron chi connectivity index (χ0n) is 18.8. The first-order valence-electron chi connectivity index (χ1n) is 10.8. The topological polar surface area (TPSA) is 93.1 Å². The van der Waals surface area contributed by atoms with Crippen molar-refractivity contribution in [3.63, 3.8) is 0 Å². The van der Waals surface area contributed by atoms with E-state index in [0.29, 0.717) is 6.20 Å². The molecular weight excluding hydrogens is 526 g/mol. The summed E-state index contributed by atoms with van der Waals surface area (Å²) in [5.41, 5.74) is -1.45. The highest BCUT2D eigenvalue weighted by Crippen LogP contribution is 2.30. The number of carbonyl (C=O) groups excluding carboxylic acids is 1. The van der Waals surface area contributed by atoms with Crippen LogP contribution in [-0.2, 0) is 27.4 Å². The molecule has 0 spiro atoms. The van der Waals surface area contributed by atoms with Gasteiger partial charge in [-0.15, -0.1) is 0 Å². The second-order valence-corrected chi connectivity index (χ2v) is 10.2. The van der Waals surface area contributed by atoms with Crippen molar-refractivity contribution in [3.05, 3.63) is 71.9 Å². The smallest absolute Gasteiger partial charge is 0.298 e. The second-order valence-electron chi connectivity index (χ2n) is 8.28. The van der Waals surface area contributed by atoms with Crippen molar-refractivity contribution in [1.29, 1.82) is 0 Å². The van der Waals surface area contributed by atoms with Crippen molar-refractivity contribution in [2.75, 3.05) is 6.54 Å². The summed E-state index contributed by atoms with van der Waals surface area (Å²) in [7, 11) is -4.28. The van der Waals surface area contributed by atoms with Crippen molar-refractivity contribution in [3.8, 4) is 11.3 Å². The standard InChI is InChI=1S/C23H18F6N4O3S/c24-13-1-4-16(5-2-13)37(35,36)33-12-14(25)7-20(33)21(34)6-3-15-8-17(18(26)9-30-15)19-10-32-22(11-31-19)23(27,28)29/h1-2,4-5,8-11,14,20H,3,6-7,12H2/t14-,20+/m1/s1. The lowest BCUT2D eigenvalue weighted by molar-refractivity contribution is -0.141. The molecule has 3 heterocycles. The summed E-state index contributed by atoms with van der Waals surface area (Å²) in [6, 6.07) is 3.81. The molecule has 0 N–H and O–H groups in total. The van der Waals surface area contributed by atoms with Crippen LogP contribution in [-0.4, -0.2) is 52.2 Å². The number of halogens is 6. The van der Waals surface area contributed by atoms with Gasteiger partial charge in [-0.1, -0.05) is 0 Å². The van der Waals surface area contributed by atoms with E-state index >= 15 is 0 Å². The maximum atomic E-state index is 14.3.